The van der Waals surface area contributed by atoms with Crippen molar-refractivity contribution in [1.82, 2.24) is 10.4 Å². The van der Waals surface area contributed by atoms with Gasteiger partial charge in [0.05, 0.1) is 17.2 Å². The van der Waals surface area contributed by atoms with Gasteiger partial charge in [-0.1, -0.05) is 18.2 Å². The maximum Gasteiger partial charge on any atom is 0.573 e. The number of halogens is 3. The highest BCUT2D eigenvalue weighted by molar-refractivity contribution is 7.07. The van der Waals surface area contributed by atoms with Gasteiger partial charge in [-0.25, -0.2) is 10.4 Å². The minimum absolute atomic E-state index is 0.272. The molecule has 8 heteroatoms. The molecule has 0 bridgehead atoms. The number of thiazole rings is 1. The average Bonchev–Trinajstić information content (AvgIpc) is 2.84. The van der Waals surface area contributed by atoms with Crippen molar-refractivity contribution in [2.75, 3.05) is 0 Å². The number of nitrogens with zero attached hydrogens (tertiary/aromatic N) is 1. The third-order valence-corrected chi connectivity index (χ3v) is 2.97. The number of ether oxygens (including phenoxy) is 1. The second-order valence-corrected chi connectivity index (χ2v) is 4.32. The van der Waals surface area contributed by atoms with Crippen LogP contribution in [0.25, 0.3) is 0 Å². The molecule has 19 heavy (non-hydrogen) atoms. The van der Waals surface area contributed by atoms with Gasteiger partial charge in [0.2, 0.25) is 0 Å². The van der Waals surface area contributed by atoms with Crippen molar-refractivity contribution in [1.29, 1.82) is 0 Å². The van der Waals surface area contributed by atoms with Crippen LogP contribution in [0.15, 0.2) is 35.2 Å². The molecule has 0 saturated heterocycles. The van der Waals surface area contributed by atoms with Crippen molar-refractivity contribution in [2.45, 2.75) is 12.4 Å². The molecule has 1 heterocycles. The van der Waals surface area contributed by atoms with Crippen LogP contribution >= 0.6 is 11.3 Å². The third-order valence-electron chi connectivity index (χ3n) is 2.37. The molecule has 1 atom stereocenters. The molecule has 0 radical (unpaired) electrons. The molecule has 2 aromatic rings. The number of hydrogen-bond acceptors (Lipinski definition) is 5. The van der Waals surface area contributed by atoms with Crippen molar-refractivity contribution in [2.24, 2.45) is 5.84 Å². The van der Waals surface area contributed by atoms with Crippen LogP contribution in [0.5, 0.6) is 5.75 Å². The van der Waals surface area contributed by atoms with Crippen LogP contribution in [-0.4, -0.2) is 11.3 Å². The van der Waals surface area contributed by atoms with Crippen molar-refractivity contribution >= 4 is 11.3 Å². The van der Waals surface area contributed by atoms with Gasteiger partial charge in [0.25, 0.3) is 0 Å². The predicted octanol–water partition coefficient (Wildman–Crippen LogP) is 2.59. The fourth-order valence-electron chi connectivity index (χ4n) is 1.64. The lowest BCUT2D eigenvalue weighted by atomic mass is 10.0. The summed E-state index contributed by atoms with van der Waals surface area (Å²) >= 11 is 1.33. The lowest BCUT2D eigenvalue weighted by Gasteiger charge is -2.19. The van der Waals surface area contributed by atoms with Gasteiger partial charge in [0.1, 0.15) is 5.75 Å². The Morgan fingerprint density at radius 1 is 1.32 bits per heavy atom. The highest BCUT2D eigenvalue weighted by Gasteiger charge is 2.33. The van der Waals surface area contributed by atoms with Gasteiger partial charge < -0.3 is 4.74 Å². The molecule has 0 amide bonds. The van der Waals surface area contributed by atoms with E-state index >= 15 is 0 Å². The monoisotopic (exact) mass is 289 g/mol. The lowest BCUT2D eigenvalue weighted by Crippen LogP contribution is -2.30. The van der Waals surface area contributed by atoms with Crippen LogP contribution < -0.4 is 16.0 Å². The number of hydrogen-bond donors (Lipinski definition) is 2. The maximum absolute atomic E-state index is 12.3. The molecule has 0 saturated carbocycles. The van der Waals surface area contributed by atoms with Gasteiger partial charge >= 0.3 is 6.36 Å². The molecule has 0 aliphatic rings. The predicted molar refractivity (Wildman–Crippen MR) is 64.4 cm³/mol. The summed E-state index contributed by atoms with van der Waals surface area (Å²) in [6, 6.07) is 5.14. The fourth-order valence-corrected chi connectivity index (χ4v) is 2.22. The minimum Gasteiger partial charge on any atom is -0.405 e. The summed E-state index contributed by atoms with van der Waals surface area (Å²) in [6.45, 7) is 0. The average molecular weight is 289 g/mol. The van der Waals surface area contributed by atoms with E-state index in [1.807, 2.05) is 0 Å². The Morgan fingerprint density at radius 2 is 2.05 bits per heavy atom. The lowest BCUT2D eigenvalue weighted by molar-refractivity contribution is -0.275. The zero-order valence-electron chi connectivity index (χ0n) is 9.52. The Labute approximate surface area is 111 Å². The molecule has 102 valence electrons. The fraction of sp³-hybridized carbons (Fsp3) is 0.182. The van der Waals surface area contributed by atoms with E-state index in [4.69, 9.17) is 5.84 Å². The van der Waals surface area contributed by atoms with Gasteiger partial charge in [-0.3, -0.25) is 5.84 Å². The van der Waals surface area contributed by atoms with Crippen molar-refractivity contribution in [3.05, 3.63) is 46.4 Å². The molecule has 1 unspecified atom stereocenters. The third kappa shape index (κ3) is 3.43. The number of hydrazine groups is 1. The summed E-state index contributed by atoms with van der Waals surface area (Å²) in [5, 5.41) is 1.70. The number of para-hydroxylation sites is 1. The number of nitrogens with one attached hydrogen (secondary N) is 1. The second-order valence-electron chi connectivity index (χ2n) is 3.60. The molecule has 2 rings (SSSR count). The highest BCUT2D eigenvalue weighted by Crippen LogP contribution is 2.32. The topological polar surface area (TPSA) is 60.2 Å². The Morgan fingerprint density at radius 3 is 2.63 bits per heavy atom. The first-order valence-electron chi connectivity index (χ1n) is 5.20. The van der Waals surface area contributed by atoms with Crippen LogP contribution in [-0.2, 0) is 0 Å². The van der Waals surface area contributed by atoms with Gasteiger partial charge in [0, 0.05) is 10.9 Å². The molecular formula is C11H10F3N3OS. The van der Waals surface area contributed by atoms with E-state index in [0.717, 1.165) is 0 Å². The quantitative estimate of drug-likeness (QED) is 0.671. The summed E-state index contributed by atoms with van der Waals surface area (Å²) in [5.74, 6) is 5.11. The van der Waals surface area contributed by atoms with Crippen molar-refractivity contribution < 1.29 is 17.9 Å². The first-order valence-corrected chi connectivity index (χ1v) is 6.14. The molecule has 0 aliphatic heterocycles. The summed E-state index contributed by atoms with van der Waals surface area (Å²) in [5.41, 5.74) is 4.82. The number of nitrogens with two attached hydrogens (primary N) is 1. The van der Waals surface area contributed by atoms with Gasteiger partial charge in [-0.05, 0) is 6.07 Å². The van der Waals surface area contributed by atoms with E-state index in [-0.39, 0.29) is 11.3 Å². The Kier molecular flexibility index (Phi) is 4.03. The van der Waals surface area contributed by atoms with Crippen molar-refractivity contribution in [3.63, 3.8) is 0 Å². The second kappa shape index (κ2) is 5.55. The van der Waals surface area contributed by atoms with E-state index in [9.17, 15) is 13.2 Å². The largest absolute Gasteiger partial charge is 0.573 e. The van der Waals surface area contributed by atoms with Crippen LogP contribution in [0.2, 0.25) is 0 Å². The van der Waals surface area contributed by atoms with E-state index in [2.05, 4.69) is 15.1 Å². The number of aromatic nitrogens is 1. The summed E-state index contributed by atoms with van der Waals surface area (Å²) in [6.07, 6.45) is -4.75. The van der Waals surface area contributed by atoms with E-state index in [1.165, 1.54) is 29.5 Å². The molecule has 4 nitrogen and oxygen atoms in total. The Balaban J connectivity index is 2.38. The van der Waals surface area contributed by atoms with Crippen LogP contribution in [0.3, 0.4) is 0 Å². The first-order chi connectivity index (χ1) is 9.01. The number of alkyl halides is 3. The molecule has 1 aromatic carbocycles. The van der Waals surface area contributed by atoms with Crippen LogP contribution in [0.1, 0.15) is 17.3 Å². The van der Waals surface area contributed by atoms with Gasteiger partial charge in [-0.15, -0.1) is 24.5 Å². The number of benzene rings is 1. The molecule has 1 aromatic heterocycles. The van der Waals surface area contributed by atoms with Gasteiger partial charge in [-0.2, -0.15) is 0 Å². The molecule has 0 fully saturated rings. The minimum atomic E-state index is -4.75. The normalized spacial score (nSPS) is 13.3. The smallest absolute Gasteiger partial charge is 0.405 e. The molecule has 3 N–H and O–H groups in total. The molecule has 0 spiro atoms. The summed E-state index contributed by atoms with van der Waals surface area (Å²) in [4.78, 5) is 4.04. The van der Waals surface area contributed by atoms with Crippen LogP contribution in [0.4, 0.5) is 13.2 Å². The van der Waals surface area contributed by atoms with Crippen LogP contribution in [0, 0.1) is 0 Å². The maximum atomic E-state index is 12.3. The summed E-state index contributed by atoms with van der Waals surface area (Å²) in [7, 11) is 0. The Hall–Kier alpha value is -1.64. The highest BCUT2D eigenvalue weighted by atomic mass is 32.1. The molecular weight excluding hydrogens is 279 g/mol. The standard InChI is InChI=1S/C11H10F3N3OS/c12-11(13,14)18-9-4-2-1-3-7(9)10(17-15)8-5-19-6-16-8/h1-6,10,17H,15H2. The Bertz CT molecular complexity index is 530. The van der Waals surface area contributed by atoms with E-state index in [0.29, 0.717) is 5.69 Å². The summed E-state index contributed by atoms with van der Waals surface area (Å²) < 4.78 is 41.0. The van der Waals surface area contributed by atoms with Gasteiger partial charge in [0.15, 0.2) is 0 Å². The molecule has 0 aliphatic carbocycles. The van der Waals surface area contributed by atoms with Crippen molar-refractivity contribution in [3.8, 4) is 5.75 Å². The SMILES string of the molecule is NNC(c1cscn1)c1ccccc1OC(F)(F)F. The van der Waals surface area contributed by atoms with E-state index in [1.54, 1.807) is 17.0 Å². The zero-order valence-corrected chi connectivity index (χ0v) is 10.3. The first kappa shape index (κ1) is 13.8. The number of rotatable bonds is 4. The zero-order chi connectivity index (χ0) is 13.9. The van der Waals surface area contributed by atoms with E-state index < -0.39 is 12.4 Å².